The van der Waals surface area contributed by atoms with Crippen LogP contribution in [0, 0.1) is 12.8 Å². The summed E-state index contributed by atoms with van der Waals surface area (Å²) in [6.07, 6.45) is 3.64. The zero-order valence-corrected chi connectivity index (χ0v) is 20.2. The Morgan fingerprint density at radius 1 is 1.12 bits per heavy atom. The van der Waals surface area contributed by atoms with Gasteiger partial charge < -0.3 is 24.0 Å². The lowest BCUT2D eigenvalue weighted by Crippen LogP contribution is -2.46. The molecule has 2 aromatic rings. The van der Waals surface area contributed by atoms with Crippen LogP contribution in [-0.2, 0) is 27.4 Å². The molecule has 2 amide bonds. The molecule has 1 aromatic carbocycles. The van der Waals surface area contributed by atoms with Crippen LogP contribution in [-0.4, -0.2) is 55.2 Å². The maximum absolute atomic E-state index is 13.5. The van der Waals surface area contributed by atoms with E-state index < -0.39 is 0 Å². The number of amides is 2. The summed E-state index contributed by atoms with van der Waals surface area (Å²) in [5.74, 6) is 1.53. The predicted molar refractivity (Wildman–Crippen MR) is 126 cm³/mol. The molecule has 33 heavy (non-hydrogen) atoms. The summed E-state index contributed by atoms with van der Waals surface area (Å²) in [5.41, 5.74) is 2.14. The molecule has 7 nitrogen and oxygen atoms in total. The lowest BCUT2D eigenvalue weighted by atomic mass is 9.84. The van der Waals surface area contributed by atoms with Gasteiger partial charge in [0.1, 0.15) is 0 Å². The Bertz CT molecular complexity index is 971. The Hall–Kier alpha value is -2.58. The van der Waals surface area contributed by atoms with Crippen LogP contribution in [0.2, 0.25) is 0 Å². The topological polar surface area (TPSA) is 68.3 Å². The summed E-state index contributed by atoms with van der Waals surface area (Å²) >= 11 is 1.65. The fourth-order valence-corrected chi connectivity index (χ4v) is 5.00. The molecule has 178 valence electrons. The van der Waals surface area contributed by atoms with Crippen molar-refractivity contribution >= 4 is 23.2 Å². The number of ether oxygens (including phenoxy) is 3. The number of rotatable bonds is 11. The van der Waals surface area contributed by atoms with Gasteiger partial charge in [-0.2, -0.15) is 0 Å². The van der Waals surface area contributed by atoms with Crippen molar-refractivity contribution in [1.29, 1.82) is 0 Å². The molecule has 0 spiro atoms. The van der Waals surface area contributed by atoms with Gasteiger partial charge in [0.25, 0.3) is 0 Å². The van der Waals surface area contributed by atoms with Crippen LogP contribution in [0.15, 0.2) is 29.6 Å². The molecule has 1 aliphatic carbocycles. The summed E-state index contributed by atoms with van der Waals surface area (Å²) < 4.78 is 16.1. The van der Waals surface area contributed by atoms with E-state index in [0.717, 1.165) is 35.5 Å². The van der Waals surface area contributed by atoms with Gasteiger partial charge in [-0.3, -0.25) is 9.59 Å². The van der Waals surface area contributed by atoms with Gasteiger partial charge in [-0.05, 0) is 60.9 Å². The first-order valence-electron chi connectivity index (χ1n) is 11.5. The van der Waals surface area contributed by atoms with Crippen LogP contribution >= 0.6 is 11.3 Å². The van der Waals surface area contributed by atoms with Crippen LogP contribution in [0.25, 0.3) is 0 Å². The Morgan fingerprint density at radius 3 is 2.64 bits per heavy atom. The van der Waals surface area contributed by atoms with Gasteiger partial charge in [-0.1, -0.05) is 12.5 Å². The molecule has 8 heteroatoms. The highest BCUT2D eigenvalue weighted by atomic mass is 32.1. The van der Waals surface area contributed by atoms with Crippen LogP contribution in [0.4, 0.5) is 0 Å². The third-order valence-electron chi connectivity index (χ3n) is 6.33. The molecule has 0 saturated heterocycles. The SMILES string of the molecule is COCCCN(CC(=O)N(Cc1ccc2c(c1)OCO2)Cc1sccc1C)C(=O)C1CCC1. The molecule has 0 atom stereocenters. The highest BCUT2D eigenvalue weighted by Crippen LogP contribution is 2.33. The van der Waals surface area contributed by atoms with Crippen LogP contribution in [0.5, 0.6) is 11.5 Å². The van der Waals surface area contributed by atoms with Gasteiger partial charge in [0.15, 0.2) is 11.5 Å². The van der Waals surface area contributed by atoms with Crippen molar-refractivity contribution in [3.8, 4) is 11.5 Å². The number of fused-ring (bicyclic) bond motifs is 1. The number of hydrogen-bond acceptors (Lipinski definition) is 6. The minimum absolute atomic E-state index is 0.0504. The zero-order chi connectivity index (χ0) is 23.2. The molecular formula is C25H32N2O5S. The molecular weight excluding hydrogens is 440 g/mol. The first-order chi connectivity index (χ1) is 16.0. The Labute approximate surface area is 199 Å². The van der Waals surface area contributed by atoms with Crippen molar-refractivity contribution in [2.24, 2.45) is 5.92 Å². The minimum Gasteiger partial charge on any atom is -0.454 e. The van der Waals surface area contributed by atoms with Crippen molar-refractivity contribution in [3.05, 3.63) is 45.6 Å². The number of carbonyl (C=O) groups excluding carboxylic acids is 2. The highest BCUT2D eigenvalue weighted by molar-refractivity contribution is 7.10. The van der Waals surface area contributed by atoms with Gasteiger partial charge in [0, 0.05) is 37.6 Å². The van der Waals surface area contributed by atoms with E-state index in [1.807, 2.05) is 28.5 Å². The second-order valence-electron chi connectivity index (χ2n) is 8.70. The van der Waals surface area contributed by atoms with Crippen molar-refractivity contribution in [2.75, 3.05) is 33.6 Å². The minimum atomic E-state index is -0.0504. The molecule has 1 saturated carbocycles. The highest BCUT2D eigenvalue weighted by Gasteiger charge is 2.31. The fourth-order valence-electron chi connectivity index (χ4n) is 4.07. The van der Waals surface area contributed by atoms with Gasteiger partial charge in [0.05, 0.1) is 13.1 Å². The average molecular weight is 473 g/mol. The predicted octanol–water partition coefficient (Wildman–Crippen LogP) is 3.98. The Kier molecular flexibility index (Phi) is 7.88. The Balaban J connectivity index is 1.50. The molecule has 0 radical (unpaired) electrons. The number of hydrogen-bond donors (Lipinski definition) is 0. The average Bonchev–Trinajstić information content (AvgIpc) is 3.39. The smallest absolute Gasteiger partial charge is 0.242 e. The lowest BCUT2D eigenvalue weighted by Gasteiger charge is -2.33. The molecule has 4 rings (SSSR count). The summed E-state index contributed by atoms with van der Waals surface area (Å²) in [5, 5.41) is 2.05. The van der Waals surface area contributed by atoms with Crippen molar-refractivity contribution < 1.29 is 23.8 Å². The molecule has 0 bridgehead atoms. The lowest BCUT2D eigenvalue weighted by molar-refractivity contribution is -0.145. The number of carbonyl (C=O) groups is 2. The Morgan fingerprint density at radius 2 is 1.94 bits per heavy atom. The maximum atomic E-state index is 13.5. The number of nitrogens with zero attached hydrogens (tertiary/aromatic N) is 2. The first-order valence-corrected chi connectivity index (χ1v) is 12.4. The van der Waals surface area contributed by atoms with Crippen LogP contribution in [0.3, 0.4) is 0 Å². The van der Waals surface area contributed by atoms with Crippen LogP contribution in [0.1, 0.15) is 41.7 Å². The van der Waals surface area contributed by atoms with E-state index in [1.54, 1.807) is 23.3 Å². The monoisotopic (exact) mass is 472 g/mol. The zero-order valence-electron chi connectivity index (χ0n) is 19.4. The molecule has 0 N–H and O–H groups in total. The summed E-state index contributed by atoms with van der Waals surface area (Å²) in [7, 11) is 1.65. The summed E-state index contributed by atoms with van der Waals surface area (Å²) in [4.78, 5) is 31.3. The normalized spacial score (nSPS) is 14.7. The van der Waals surface area contributed by atoms with Gasteiger partial charge in [-0.25, -0.2) is 0 Å². The molecule has 1 aromatic heterocycles. The number of aryl methyl sites for hydroxylation is 1. The largest absolute Gasteiger partial charge is 0.454 e. The summed E-state index contributed by atoms with van der Waals surface area (Å²) in [6, 6.07) is 7.85. The third kappa shape index (κ3) is 5.86. The summed E-state index contributed by atoms with van der Waals surface area (Å²) in [6.45, 7) is 4.43. The number of methoxy groups -OCH3 is 1. The van der Waals surface area contributed by atoms with E-state index in [2.05, 4.69) is 13.0 Å². The second-order valence-corrected chi connectivity index (χ2v) is 9.70. The number of benzene rings is 1. The quantitative estimate of drug-likeness (QED) is 0.463. The van der Waals surface area contributed by atoms with Crippen molar-refractivity contribution in [1.82, 2.24) is 9.80 Å². The van der Waals surface area contributed by atoms with Gasteiger partial charge in [0.2, 0.25) is 18.6 Å². The van der Waals surface area contributed by atoms with E-state index in [1.165, 1.54) is 5.56 Å². The van der Waals surface area contributed by atoms with Crippen LogP contribution < -0.4 is 9.47 Å². The molecule has 2 heterocycles. The van der Waals surface area contributed by atoms with Crippen molar-refractivity contribution in [2.45, 2.75) is 45.7 Å². The van der Waals surface area contributed by atoms with E-state index in [-0.39, 0.29) is 31.1 Å². The third-order valence-corrected chi connectivity index (χ3v) is 7.34. The second kappa shape index (κ2) is 11.0. The van der Waals surface area contributed by atoms with E-state index in [0.29, 0.717) is 38.4 Å². The van der Waals surface area contributed by atoms with E-state index >= 15 is 0 Å². The van der Waals surface area contributed by atoms with Gasteiger partial charge in [-0.15, -0.1) is 11.3 Å². The molecule has 1 aliphatic heterocycles. The molecule has 2 aliphatic rings. The van der Waals surface area contributed by atoms with Gasteiger partial charge >= 0.3 is 0 Å². The maximum Gasteiger partial charge on any atom is 0.242 e. The first kappa shape index (κ1) is 23.6. The standard InChI is InChI=1S/C25H32N2O5S/c1-18-9-12-33-23(18)15-27(14-19-7-8-21-22(13-19)32-17-31-21)24(28)16-26(10-4-11-30-2)25(29)20-5-3-6-20/h7-9,12-13,20H,3-6,10-11,14-17H2,1-2H3. The number of thiophene rings is 1. The van der Waals surface area contributed by atoms with E-state index in [9.17, 15) is 9.59 Å². The molecule has 0 unspecified atom stereocenters. The van der Waals surface area contributed by atoms with Crippen molar-refractivity contribution in [3.63, 3.8) is 0 Å². The molecule has 1 fully saturated rings. The fraction of sp³-hybridized carbons (Fsp3) is 0.520. The van der Waals surface area contributed by atoms with E-state index in [4.69, 9.17) is 14.2 Å².